The van der Waals surface area contributed by atoms with Crippen LogP contribution in [-0.2, 0) is 11.2 Å². The van der Waals surface area contributed by atoms with E-state index >= 15 is 0 Å². The maximum absolute atomic E-state index is 11.7. The average molecular weight is 214 g/mol. The molecule has 3 nitrogen and oxygen atoms in total. The highest BCUT2D eigenvalue weighted by Crippen LogP contribution is 2.24. The van der Waals surface area contributed by atoms with Gasteiger partial charge in [0.15, 0.2) is 0 Å². The van der Waals surface area contributed by atoms with Crippen molar-refractivity contribution in [3.63, 3.8) is 0 Å². The van der Waals surface area contributed by atoms with Crippen molar-refractivity contribution in [2.24, 2.45) is 0 Å². The van der Waals surface area contributed by atoms with Gasteiger partial charge in [0.05, 0.1) is 6.54 Å². The van der Waals surface area contributed by atoms with Crippen LogP contribution in [0.1, 0.15) is 12.5 Å². The van der Waals surface area contributed by atoms with E-state index in [9.17, 15) is 4.79 Å². The minimum atomic E-state index is -0.156. The van der Waals surface area contributed by atoms with Crippen molar-refractivity contribution in [3.8, 4) is 11.8 Å². The lowest BCUT2D eigenvalue weighted by Gasteiger charge is -2.09. The lowest BCUT2D eigenvalue weighted by Crippen LogP contribution is -2.38. The van der Waals surface area contributed by atoms with E-state index in [0.29, 0.717) is 6.54 Å². The highest BCUT2D eigenvalue weighted by molar-refractivity contribution is 5.87. The summed E-state index contributed by atoms with van der Waals surface area (Å²) in [6, 6.07) is 7.84. The highest BCUT2D eigenvalue weighted by atomic mass is 16.2. The average Bonchev–Trinajstić information content (AvgIpc) is 2.73. The van der Waals surface area contributed by atoms with Crippen LogP contribution in [0.5, 0.6) is 0 Å². The molecule has 0 saturated carbocycles. The van der Waals surface area contributed by atoms with Gasteiger partial charge in [-0.3, -0.25) is 4.79 Å². The molecule has 1 aromatic rings. The fraction of sp³-hybridized carbons (Fsp3) is 0.308. The number of carbonyl (C=O) groups is 1. The number of rotatable bonds is 2. The van der Waals surface area contributed by atoms with Gasteiger partial charge >= 0.3 is 0 Å². The third-order valence-corrected chi connectivity index (χ3v) is 2.62. The lowest BCUT2D eigenvalue weighted by atomic mass is 10.1. The largest absolute Gasteiger partial charge is 0.373 e. The van der Waals surface area contributed by atoms with Crippen molar-refractivity contribution in [1.29, 1.82) is 0 Å². The third-order valence-electron chi connectivity index (χ3n) is 2.62. The summed E-state index contributed by atoms with van der Waals surface area (Å²) in [6.45, 7) is 2.18. The van der Waals surface area contributed by atoms with Gasteiger partial charge in [-0.05, 0) is 18.6 Å². The van der Waals surface area contributed by atoms with Crippen LogP contribution >= 0.6 is 0 Å². The van der Waals surface area contributed by atoms with Crippen LogP contribution in [-0.4, -0.2) is 18.5 Å². The molecule has 1 amide bonds. The Hall–Kier alpha value is -1.95. The van der Waals surface area contributed by atoms with E-state index < -0.39 is 0 Å². The Kier molecular flexibility index (Phi) is 3.11. The van der Waals surface area contributed by atoms with Crippen molar-refractivity contribution >= 4 is 11.6 Å². The monoisotopic (exact) mass is 214 g/mol. The normalized spacial score (nSPS) is 16.7. The first kappa shape index (κ1) is 10.6. The molecule has 1 unspecified atom stereocenters. The first-order valence-electron chi connectivity index (χ1n) is 5.33. The summed E-state index contributed by atoms with van der Waals surface area (Å²) >= 11 is 0. The second-order valence-electron chi connectivity index (χ2n) is 3.70. The molecule has 0 aliphatic carbocycles. The first-order valence-corrected chi connectivity index (χ1v) is 5.33. The van der Waals surface area contributed by atoms with Crippen molar-refractivity contribution in [1.82, 2.24) is 5.32 Å². The maximum Gasteiger partial charge on any atom is 0.243 e. The summed E-state index contributed by atoms with van der Waals surface area (Å²) < 4.78 is 0. The first-order chi connectivity index (χ1) is 7.81. The number of para-hydroxylation sites is 1. The topological polar surface area (TPSA) is 41.1 Å². The van der Waals surface area contributed by atoms with E-state index in [0.717, 1.165) is 12.1 Å². The summed E-state index contributed by atoms with van der Waals surface area (Å²) in [4.78, 5) is 11.7. The van der Waals surface area contributed by atoms with Crippen molar-refractivity contribution in [2.75, 3.05) is 11.9 Å². The molecule has 16 heavy (non-hydrogen) atoms. The summed E-state index contributed by atoms with van der Waals surface area (Å²) in [5.74, 6) is 5.57. The number of amides is 1. The van der Waals surface area contributed by atoms with Crippen LogP contribution in [0.4, 0.5) is 5.69 Å². The van der Waals surface area contributed by atoms with Crippen molar-refractivity contribution in [3.05, 3.63) is 29.8 Å². The quantitative estimate of drug-likeness (QED) is 0.725. The van der Waals surface area contributed by atoms with Gasteiger partial charge < -0.3 is 10.6 Å². The third kappa shape index (κ3) is 2.17. The van der Waals surface area contributed by atoms with Gasteiger partial charge in [0, 0.05) is 12.1 Å². The number of hydrogen-bond acceptors (Lipinski definition) is 2. The van der Waals surface area contributed by atoms with Crippen LogP contribution in [0, 0.1) is 11.8 Å². The molecule has 1 aliphatic heterocycles. The van der Waals surface area contributed by atoms with Gasteiger partial charge in [0.1, 0.15) is 6.04 Å². The van der Waals surface area contributed by atoms with E-state index in [1.165, 1.54) is 5.56 Å². The maximum atomic E-state index is 11.7. The van der Waals surface area contributed by atoms with Crippen LogP contribution in [0.2, 0.25) is 0 Å². The van der Waals surface area contributed by atoms with E-state index in [4.69, 9.17) is 0 Å². The highest BCUT2D eigenvalue weighted by Gasteiger charge is 2.25. The summed E-state index contributed by atoms with van der Waals surface area (Å²) in [6.07, 6.45) is 0.752. The molecule has 0 spiro atoms. The lowest BCUT2D eigenvalue weighted by molar-refractivity contribution is -0.121. The minimum absolute atomic E-state index is 0.0129. The molecule has 0 saturated heterocycles. The van der Waals surface area contributed by atoms with Crippen LogP contribution in [0.3, 0.4) is 0 Å². The molecule has 2 N–H and O–H groups in total. The zero-order valence-electron chi connectivity index (χ0n) is 9.21. The number of nitrogens with one attached hydrogen (secondary N) is 2. The Morgan fingerprint density at radius 3 is 3.12 bits per heavy atom. The predicted molar refractivity (Wildman–Crippen MR) is 64.0 cm³/mol. The summed E-state index contributed by atoms with van der Waals surface area (Å²) in [5.41, 5.74) is 2.26. The molecule has 1 aromatic carbocycles. The van der Waals surface area contributed by atoms with Crippen LogP contribution in [0.25, 0.3) is 0 Å². The minimum Gasteiger partial charge on any atom is -0.373 e. The van der Waals surface area contributed by atoms with Crippen LogP contribution < -0.4 is 10.6 Å². The Balaban J connectivity index is 1.95. The molecule has 82 valence electrons. The molecule has 1 heterocycles. The Morgan fingerprint density at radius 2 is 2.38 bits per heavy atom. The fourth-order valence-electron chi connectivity index (χ4n) is 1.80. The van der Waals surface area contributed by atoms with Gasteiger partial charge in [0.25, 0.3) is 0 Å². The molecule has 0 radical (unpaired) electrons. The Labute approximate surface area is 95.2 Å². The van der Waals surface area contributed by atoms with Crippen LogP contribution in [0.15, 0.2) is 24.3 Å². The molecule has 0 fully saturated rings. The molecular formula is C13H14N2O. The molecule has 0 aromatic heterocycles. The molecule has 1 aliphatic rings. The molecule has 2 rings (SSSR count). The Morgan fingerprint density at radius 1 is 1.56 bits per heavy atom. The number of benzene rings is 1. The van der Waals surface area contributed by atoms with E-state index in [1.54, 1.807) is 6.92 Å². The number of carbonyl (C=O) groups excluding carboxylic acids is 1. The van der Waals surface area contributed by atoms with E-state index in [-0.39, 0.29) is 11.9 Å². The SMILES string of the molecule is CC#CCNC(=O)C1Cc2ccccc2N1. The van der Waals surface area contributed by atoms with Gasteiger partial charge in [-0.2, -0.15) is 0 Å². The standard InChI is InChI=1S/C13H14N2O/c1-2-3-8-14-13(16)12-9-10-6-4-5-7-11(10)15-12/h4-7,12,15H,8-9H2,1H3,(H,14,16). The second kappa shape index (κ2) is 4.71. The fourth-order valence-corrected chi connectivity index (χ4v) is 1.80. The van der Waals surface area contributed by atoms with Gasteiger partial charge in [-0.1, -0.05) is 24.1 Å². The summed E-state index contributed by atoms with van der Waals surface area (Å²) in [7, 11) is 0. The molecule has 1 atom stereocenters. The molecular weight excluding hydrogens is 200 g/mol. The molecule has 3 heteroatoms. The number of hydrogen-bond donors (Lipinski definition) is 2. The van der Waals surface area contributed by atoms with Crippen molar-refractivity contribution < 1.29 is 4.79 Å². The van der Waals surface area contributed by atoms with Gasteiger partial charge in [-0.25, -0.2) is 0 Å². The van der Waals surface area contributed by atoms with Gasteiger partial charge in [0.2, 0.25) is 5.91 Å². The zero-order chi connectivity index (χ0) is 11.4. The molecule has 0 bridgehead atoms. The second-order valence-corrected chi connectivity index (χ2v) is 3.70. The van der Waals surface area contributed by atoms with Gasteiger partial charge in [-0.15, -0.1) is 5.92 Å². The Bertz CT molecular complexity index is 431. The van der Waals surface area contributed by atoms with Crippen molar-refractivity contribution in [2.45, 2.75) is 19.4 Å². The number of fused-ring (bicyclic) bond motifs is 1. The smallest absolute Gasteiger partial charge is 0.243 e. The van der Waals surface area contributed by atoms with E-state index in [2.05, 4.69) is 22.5 Å². The summed E-state index contributed by atoms with van der Waals surface area (Å²) in [5, 5.41) is 5.99. The predicted octanol–water partition coefficient (Wildman–Crippen LogP) is 1.16. The number of anilines is 1. The van der Waals surface area contributed by atoms with E-state index in [1.807, 2.05) is 24.3 Å². The zero-order valence-corrected chi connectivity index (χ0v) is 9.21.